The van der Waals surface area contributed by atoms with E-state index >= 15 is 0 Å². The van der Waals surface area contributed by atoms with Crippen molar-refractivity contribution in [1.29, 1.82) is 0 Å². The lowest BCUT2D eigenvalue weighted by Crippen LogP contribution is -2.12. The monoisotopic (exact) mass is 438 g/mol. The fourth-order valence-corrected chi connectivity index (χ4v) is 4.47. The molecule has 0 fully saturated rings. The van der Waals surface area contributed by atoms with Gasteiger partial charge in [0.1, 0.15) is 11.6 Å². The summed E-state index contributed by atoms with van der Waals surface area (Å²) < 4.78 is 7.56. The summed E-state index contributed by atoms with van der Waals surface area (Å²) in [5.74, 6) is 0.973. The molecule has 0 spiro atoms. The summed E-state index contributed by atoms with van der Waals surface area (Å²) in [7, 11) is 1.67. The molecule has 0 aliphatic heterocycles. The largest absolute Gasteiger partial charge is 0.496 e. The van der Waals surface area contributed by atoms with Gasteiger partial charge in [-0.05, 0) is 54.5 Å². The van der Waals surface area contributed by atoms with Crippen molar-refractivity contribution in [2.75, 3.05) is 7.11 Å². The number of aryl methyl sites for hydroxylation is 2. The molecule has 3 aromatic rings. The zero-order valence-corrected chi connectivity index (χ0v) is 19.5. The maximum absolute atomic E-state index is 12.1. The highest BCUT2D eigenvalue weighted by atomic mass is 32.1. The van der Waals surface area contributed by atoms with Crippen LogP contribution < -0.4 is 4.74 Å². The summed E-state index contributed by atoms with van der Waals surface area (Å²) >= 11 is 1.58. The SMILES string of the molecule is CCCCc1ncc(/C(C)=C(\Cc2cccs2)C(=O)O)n1Cc1ccc(OC)c(C)c1. The number of methoxy groups -OCH3 is 1. The van der Waals surface area contributed by atoms with Gasteiger partial charge in [-0.25, -0.2) is 9.78 Å². The Kier molecular flexibility index (Phi) is 7.69. The summed E-state index contributed by atoms with van der Waals surface area (Å²) in [6.07, 6.45) is 5.23. The van der Waals surface area contributed by atoms with Crippen molar-refractivity contribution in [2.45, 2.75) is 53.0 Å². The van der Waals surface area contributed by atoms with Crippen molar-refractivity contribution in [3.63, 3.8) is 0 Å². The Morgan fingerprint density at radius 1 is 1.29 bits per heavy atom. The van der Waals surface area contributed by atoms with Crippen LogP contribution in [0.2, 0.25) is 0 Å². The second-order valence-electron chi connectivity index (χ2n) is 7.72. The number of thiophene rings is 1. The zero-order chi connectivity index (χ0) is 22.4. The van der Waals surface area contributed by atoms with Crippen molar-refractivity contribution in [3.8, 4) is 5.75 Å². The van der Waals surface area contributed by atoms with E-state index < -0.39 is 5.97 Å². The van der Waals surface area contributed by atoms with Gasteiger partial charge in [-0.3, -0.25) is 0 Å². The van der Waals surface area contributed by atoms with E-state index in [1.54, 1.807) is 18.4 Å². The fourth-order valence-electron chi connectivity index (χ4n) is 3.76. The van der Waals surface area contributed by atoms with Crippen LogP contribution >= 0.6 is 11.3 Å². The summed E-state index contributed by atoms with van der Waals surface area (Å²) in [6.45, 7) is 6.73. The van der Waals surface area contributed by atoms with Crippen LogP contribution in [0, 0.1) is 6.92 Å². The molecule has 0 aliphatic rings. The normalized spacial score (nSPS) is 12.0. The first-order valence-electron chi connectivity index (χ1n) is 10.6. The van der Waals surface area contributed by atoms with Crippen LogP contribution in [0.4, 0.5) is 0 Å². The van der Waals surface area contributed by atoms with Crippen molar-refractivity contribution in [1.82, 2.24) is 9.55 Å². The topological polar surface area (TPSA) is 64.3 Å². The number of carboxylic acid groups (broad SMARTS) is 1. The Morgan fingerprint density at radius 3 is 2.71 bits per heavy atom. The third-order valence-corrected chi connectivity index (χ3v) is 6.39. The molecule has 3 rings (SSSR count). The van der Waals surface area contributed by atoms with Gasteiger partial charge in [0.25, 0.3) is 0 Å². The number of carbonyl (C=O) groups is 1. The Bertz CT molecular complexity index is 1060. The maximum atomic E-state index is 12.1. The van der Waals surface area contributed by atoms with Crippen LogP contribution in [0.25, 0.3) is 5.57 Å². The van der Waals surface area contributed by atoms with Crippen molar-refractivity contribution in [3.05, 3.63) is 75.0 Å². The average Bonchev–Trinajstić information content (AvgIpc) is 3.40. The molecule has 0 saturated carbocycles. The quantitative estimate of drug-likeness (QED) is 0.409. The van der Waals surface area contributed by atoms with Gasteiger partial charge in [0.05, 0.1) is 19.0 Å². The fraction of sp³-hybridized carbons (Fsp3) is 0.360. The first-order chi connectivity index (χ1) is 14.9. The minimum atomic E-state index is -0.881. The molecule has 6 heteroatoms. The van der Waals surface area contributed by atoms with Gasteiger partial charge in [-0.1, -0.05) is 31.5 Å². The molecule has 0 aliphatic carbocycles. The Labute approximate surface area is 188 Å². The lowest BCUT2D eigenvalue weighted by molar-refractivity contribution is -0.132. The third kappa shape index (κ3) is 5.44. The first-order valence-corrected chi connectivity index (χ1v) is 11.5. The standard InChI is InChI=1S/C25H30N2O3S/c1-5-6-9-24-26-15-22(18(3)21(25(28)29)14-20-8-7-12-31-20)27(24)16-19-10-11-23(30-4)17(2)13-19/h7-8,10-13,15H,5-6,9,14,16H2,1-4H3,(H,28,29)/b21-18+. The van der Waals surface area contributed by atoms with Crippen LogP contribution in [-0.4, -0.2) is 27.7 Å². The molecule has 2 aromatic heterocycles. The number of carboxylic acids is 1. The average molecular weight is 439 g/mol. The zero-order valence-electron chi connectivity index (χ0n) is 18.6. The molecule has 0 saturated heterocycles. The van der Waals surface area contributed by atoms with Crippen LogP contribution in [0.3, 0.4) is 0 Å². The van der Waals surface area contributed by atoms with Crippen LogP contribution in [-0.2, 0) is 24.2 Å². The molecule has 2 heterocycles. The lowest BCUT2D eigenvalue weighted by atomic mass is 10.0. The predicted octanol–water partition coefficient (Wildman–Crippen LogP) is 5.75. The molecule has 1 aromatic carbocycles. The number of benzene rings is 1. The molecule has 5 nitrogen and oxygen atoms in total. The summed E-state index contributed by atoms with van der Waals surface area (Å²) in [5.41, 5.74) is 4.26. The van der Waals surface area contributed by atoms with Gasteiger partial charge < -0.3 is 14.4 Å². The summed E-state index contributed by atoms with van der Waals surface area (Å²) in [5, 5.41) is 11.9. The molecular formula is C25H30N2O3S. The highest BCUT2D eigenvalue weighted by molar-refractivity contribution is 7.09. The highest BCUT2D eigenvalue weighted by Crippen LogP contribution is 2.27. The number of aliphatic carboxylic acids is 1. The summed E-state index contributed by atoms with van der Waals surface area (Å²) in [6, 6.07) is 10.1. The van der Waals surface area contributed by atoms with Crippen LogP contribution in [0.15, 0.2) is 47.5 Å². The number of ether oxygens (including phenoxy) is 1. The predicted molar refractivity (Wildman–Crippen MR) is 126 cm³/mol. The molecule has 31 heavy (non-hydrogen) atoms. The van der Waals surface area contributed by atoms with Crippen LogP contribution in [0.1, 0.15) is 54.2 Å². The second kappa shape index (κ2) is 10.4. The number of rotatable bonds is 10. The minimum Gasteiger partial charge on any atom is -0.496 e. The number of imidazole rings is 1. The molecule has 0 bridgehead atoms. The molecule has 0 amide bonds. The number of nitrogens with zero attached hydrogens (tertiary/aromatic N) is 2. The first kappa shape index (κ1) is 22.8. The number of aromatic nitrogens is 2. The molecule has 0 radical (unpaired) electrons. The highest BCUT2D eigenvalue weighted by Gasteiger charge is 2.19. The molecular weight excluding hydrogens is 408 g/mol. The van der Waals surface area contributed by atoms with Gasteiger partial charge in [0.2, 0.25) is 0 Å². The van der Waals surface area contributed by atoms with E-state index in [1.165, 1.54) is 0 Å². The van der Waals surface area contributed by atoms with E-state index in [2.05, 4.69) is 28.6 Å². The summed E-state index contributed by atoms with van der Waals surface area (Å²) in [4.78, 5) is 17.8. The maximum Gasteiger partial charge on any atom is 0.332 e. The van der Waals surface area contributed by atoms with Gasteiger partial charge in [-0.15, -0.1) is 11.3 Å². The Morgan fingerprint density at radius 2 is 2.10 bits per heavy atom. The van der Waals surface area contributed by atoms with E-state index in [-0.39, 0.29) is 0 Å². The smallest absolute Gasteiger partial charge is 0.332 e. The van der Waals surface area contributed by atoms with Crippen molar-refractivity contribution >= 4 is 22.9 Å². The van der Waals surface area contributed by atoms with Gasteiger partial charge >= 0.3 is 5.97 Å². The van der Waals surface area contributed by atoms with Crippen molar-refractivity contribution in [2.24, 2.45) is 0 Å². The van der Waals surface area contributed by atoms with Crippen molar-refractivity contribution < 1.29 is 14.6 Å². The van der Waals surface area contributed by atoms with Gasteiger partial charge in [-0.2, -0.15) is 0 Å². The number of unbranched alkanes of at least 4 members (excludes halogenated alkanes) is 1. The molecule has 0 atom stereocenters. The minimum absolute atomic E-state index is 0.413. The molecule has 164 valence electrons. The number of allylic oxidation sites excluding steroid dienone is 1. The van der Waals surface area contributed by atoms with Gasteiger partial charge in [0.15, 0.2) is 0 Å². The van der Waals surface area contributed by atoms with E-state index in [0.717, 1.165) is 58.1 Å². The molecule has 1 N–H and O–H groups in total. The van der Waals surface area contributed by atoms with E-state index in [4.69, 9.17) is 4.74 Å². The Balaban J connectivity index is 2.03. The van der Waals surface area contributed by atoms with E-state index in [0.29, 0.717) is 18.5 Å². The van der Waals surface area contributed by atoms with E-state index in [9.17, 15) is 9.90 Å². The number of hydrogen-bond acceptors (Lipinski definition) is 4. The second-order valence-corrected chi connectivity index (χ2v) is 8.75. The molecule has 0 unspecified atom stereocenters. The third-order valence-electron chi connectivity index (χ3n) is 5.52. The van der Waals surface area contributed by atoms with E-state index in [1.807, 2.05) is 43.6 Å². The number of hydrogen-bond donors (Lipinski definition) is 1. The van der Waals surface area contributed by atoms with Gasteiger partial charge in [0, 0.05) is 29.8 Å². The van der Waals surface area contributed by atoms with Crippen LogP contribution in [0.5, 0.6) is 5.75 Å². The Hall–Kier alpha value is -2.86. The lowest BCUT2D eigenvalue weighted by Gasteiger charge is -2.15.